The summed E-state index contributed by atoms with van der Waals surface area (Å²) >= 11 is 0. The molecule has 0 unspecified atom stereocenters. The average Bonchev–Trinajstić information content (AvgIpc) is 3.09. The van der Waals surface area contributed by atoms with Crippen LogP contribution in [-0.4, -0.2) is 41.1 Å². The van der Waals surface area contributed by atoms with Gasteiger partial charge in [0.1, 0.15) is 11.8 Å². The van der Waals surface area contributed by atoms with Gasteiger partial charge in [0.25, 0.3) is 0 Å². The Balaban J connectivity index is 0.00000190. The van der Waals surface area contributed by atoms with E-state index in [1.165, 1.54) is 0 Å². The Morgan fingerprint density at radius 1 is 1.11 bits per heavy atom. The van der Waals surface area contributed by atoms with Gasteiger partial charge in [-0.1, -0.05) is 12.1 Å². The Morgan fingerprint density at radius 3 is 2.29 bits per heavy atom. The summed E-state index contributed by atoms with van der Waals surface area (Å²) in [6.45, 7) is 6.17. The molecule has 28 heavy (non-hydrogen) atoms. The van der Waals surface area contributed by atoms with Crippen molar-refractivity contribution in [1.29, 1.82) is 5.26 Å². The van der Waals surface area contributed by atoms with Gasteiger partial charge >= 0.3 is 0 Å². The highest BCUT2D eigenvalue weighted by atomic mass is 16.5. The molecule has 2 aromatic rings. The predicted octanol–water partition coefficient (Wildman–Crippen LogP) is 1.74. The molecule has 2 rings (SSSR count). The third-order valence-electron chi connectivity index (χ3n) is 4.49. The molecule has 0 saturated heterocycles. The highest BCUT2D eigenvalue weighted by Gasteiger charge is 2.22. The van der Waals surface area contributed by atoms with Gasteiger partial charge in [-0.25, -0.2) is 0 Å². The Bertz CT molecular complexity index is 809. The lowest BCUT2D eigenvalue weighted by molar-refractivity contribution is 0.202. The molecule has 0 atom stereocenters. The van der Waals surface area contributed by atoms with Crippen LogP contribution in [0.25, 0.3) is 11.1 Å². The second-order valence-electron chi connectivity index (χ2n) is 5.92. The summed E-state index contributed by atoms with van der Waals surface area (Å²) in [6, 6.07) is 5.75. The summed E-state index contributed by atoms with van der Waals surface area (Å²) < 4.78 is 5.18. The molecule has 0 amide bonds. The van der Waals surface area contributed by atoms with Crippen molar-refractivity contribution in [1.82, 2.24) is 10.3 Å². The third-order valence-corrected chi connectivity index (χ3v) is 4.49. The molecule has 7 nitrogen and oxygen atoms in total. The molecule has 0 aliphatic rings. The average molecular weight is 387 g/mol. The van der Waals surface area contributed by atoms with Gasteiger partial charge in [-0.3, -0.25) is 0 Å². The van der Waals surface area contributed by atoms with Gasteiger partial charge in [0.05, 0.1) is 26.4 Å². The van der Waals surface area contributed by atoms with E-state index in [9.17, 15) is 20.6 Å². The van der Waals surface area contributed by atoms with Crippen LogP contribution in [0.2, 0.25) is 0 Å². The molecule has 152 valence electrons. The molecule has 5 N–H and O–H groups in total. The third kappa shape index (κ3) is 4.87. The fraction of sp³-hybridized carbons (Fsp3) is 0.381. The van der Waals surface area contributed by atoms with Crippen molar-refractivity contribution >= 4 is 0 Å². The summed E-state index contributed by atoms with van der Waals surface area (Å²) in [4.78, 5) is 3.15. The summed E-state index contributed by atoms with van der Waals surface area (Å²) in [5.74, 6) is 0. The first kappa shape index (κ1) is 23.6. The second-order valence-corrected chi connectivity index (χ2v) is 5.92. The van der Waals surface area contributed by atoms with E-state index >= 15 is 0 Å². The first-order chi connectivity index (χ1) is 13.7. The fourth-order valence-electron chi connectivity index (χ4n) is 3.28. The van der Waals surface area contributed by atoms with Crippen LogP contribution in [-0.2, 0) is 37.5 Å². The predicted molar refractivity (Wildman–Crippen MR) is 108 cm³/mol. The molecule has 7 heteroatoms. The normalized spacial score (nSPS) is 10.3. The van der Waals surface area contributed by atoms with Crippen molar-refractivity contribution < 1.29 is 20.1 Å². The molecule has 0 radical (unpaired) electrons. The number of aliphatic hydroxyl groups excluding tert-OH is 3. The number of nitrogens with one attached hydrogen (secondary N) is 2. The van der Waals surface area contributed by atoms with Crippen LogP contribution in [0.1, 0.15) is 33.6 Å². The van der Waals surface area contributed by atoms with E-state index in [1.54, 1.807) is 13.2 Å². The lowest BCUT2D eigenvalue weighted by atomic mass is 9.89. The van der Waals surface area contributed by atoms with Crippen LogP contribution < -0.4 is 5.32 Å². The lowest BCUT2D eigenvalue weighted by Crippen LogP contribution is -2.09. The number of aliphatic hydroxyl groups is 3. The quantitative estimate of drug-likeness (QED) is 0.418. The molecule has 0 fully saturated rings. The highest BCUT2D eigenvalue weighted by molar-refractivity contribution is 5.77. The SMILES string of the molecule is C=C.CNCc1[nH]c(C#N)c(CCOC)c1-c1ccc(CO)c(CO)c1CO. The van der Waals surface area contributed by atoms with E-state index in [0.717, 1.165) is 22.4 Å². The van der Waals surface area contributed by atoms with Crippen LogP contribution in [0.4, 0.5) is 0 Å². The molecule has 1 aromatic heterocycles. The lowest BCUT2D eigenvalue weighted by Gasteiger charge is -2.17. The van der Waals surface area contributed by atoms with Crippen LogP contribution in [0.3, 0.4) is 0 Å². The van der Waals surface area contributed by atoms with Crippen molar-refractivity contribution in [3.63, 3.8) is 0 Å². The van der Waals surface area contributed by atoms with Gasteiger partial charge < -0.3 is 30.4 Å². The van der Waals surface area contributed by atoms with Crippen molar-refractivity contribution in [2.75, 3.05) is 20.8 Å². The standard InChI is InChI=1S/C19H25N3O4.C2H4/c1-21-8-18-19(14(5-6-26-2)17(7-20)22-18)13-4-3-12(9-23)15(10-24)16(13)11-25;1-2/h3-4,21-25H,5-6,8-11H2,1-2H3;1-2H2. The minimum atomic E-state index is -0.288. The molecule has 1 aromatic carbocycles. The Kier molecular flexibility index (Phi) is 10.2. The van der Waals surface area contributed by atoms with E-state index in [2.05, 4.69) is 29.5 Å². The molecule has 0 aliphatic heterocycles. The number of H-pyrrole nitrogens is 1. The van der Waals surface area contributed by atoms with Crippen molar-refractivity contribution in [3.8, 4) is 17.2 Å². The van der Waals surface area contributed by atoms with E-state index in [0.29, 0.717) is 42.0 Å². The topological polar surface area (TPSA) is 122 Å². The van der Waals surface area contributed by atoms with E-state index < -0.39 is 0 Å². The number of ether oxygens (including phenoxy) is 1. The number of rotatable bonds is 9. The van der Waals surface area contributed by atoms with Gasteiger partial charge in [-0.15, -0.1) is 13.2 Å². The molecular weight excluding hydrogens is 358 g/mol. The Labute approximate surface area is 165 Å². The number of nitrogens with zero attached hydrogens (tertiary/aromatic N) is 1. The molecule has 0 spiro atoms. The zero-order valence-corrected chi connectivity index (χ0v) is 16.5. The van der Waals surface area contributed by atoms with Gasteiger partial charge in [0.15, 0.2) is 0 Å². The van der Waals surface area contributed by atoms with Gasteiger partial charge in [0.2, 0.25) is 0 Å². The van der Waals surface area contributed by atoms with Crippen LogP contribution in [0, 0.1) is 11.3 Å². The first-order valence-corrected chi connectivity index (χ1v) is 8.90. The highest BCUT2D eigenvalue weighted by Crippen LogP contribution is 2.36. The molecule has 0 bridgehead atoms. The zero-order chi connectivity index (χ0) is 21.1. The molecule has 0 saturated carbocycles. The van der Waals surface area contributed by atoms with Crippen LogP contribution in [0.15, 0.2) is 25.3 Å². The second kappa shape index (κ2) is 12.1. The Morgan fingerprint density at radius 2 is 1.79 bits per heavy atom. The smallest absolute Gasteiger partial charge is 0.121 e. The minimum Gasteiger partial charge on any atom is -0.392 e. The zero-order valence-electron chi connectivity index (χ0n) is 16.5. The van der Waals surface area contributed by atoms with Gasteiger partial charge in [-0.05, 0) is 41.3 Å². The summed E-state index contributed by atoms with van der Waals surface area (Å²) in [6.07, 6.45) is 0.538. The maximum atomic E-state index is 9.96. The molecular formula is C21H29N3O4. The molecule has 1 heterocycles. The van der Waals surface area contributed by atoms with Gasteiger partial charge in [0, 0.05) is 24.9 Å². The summed E-state index contributed by atoms with van der Waals surface area (Å²) in [7, 11) is 3.42. The number of benzene rings is 1. The summed E-state index contributed by atoms with van der Waals surface area (Å²) in [5.41, 5.74) is 5.31. The number of nitriles is 1. The van der Waals surface area contributed by atoms with Gasteiger partial charge in [-0.2, -0.15) is 5.26 Å². The number of hydrogen-bond acceptors (Lipinski definition) is 6. The minimum absolute atomic E-state index is 0.223. The van der Waals surface area contributed by atoms with Crippen molar-refractivity contribution in [3.05, 3.63) is 58.9 Å². The Hall–Kier alpha value is -2.47. The van der Waals surface area contributed by atoms with Crippen molar-refractivity contribution in [2.24, 2.45) is 0 Å². The number of hydrogen-bond donors (Lipinski definition) is 5. The number of methoxy groups -OCH3 is 1. The van der Waals surface area contributed by atoms with E-state index in [-0.39, 0.29) is 19.8 Å². The largest absolute Gasteiger partial charge is 0.392 e. The van der Waals surface area contributed by atoms with Crippen LogP contribution >= 0.6 is 0 Å². The van der Waals surface area contributed by atoms with Crippen molar-refractivity contribution in [2.45, 2.75) is 32.8 Å². The maximum absolute atomic E-state index is 9.96. The van der Waals surface area contributed by atoms with E-state index in [1.807, 2.05) is 13.1 Å². The fourth-order valence-corrected chi connectivity index (χ4v) is 3.28. The molecule has 0 aliphatic carbocycles. The number of aromatic amines is 1. The van der Waals surface area contributed by atoms with E-state index in [4.69, 9.17) is 4.74 Å². The monoisotopic (exact) mass is 387 g/mol. The van der Waals surface area contributed by atoms with Crippen LogP contribution in [0.5, 0.6) is 0 Å². The summed E-state index contributed by atoms with van der Waals surface area (Å²) in [5, 5.41) is 41.8. The first-order valence-electron chi connectivity index (χ1n) is 8.90. The number of aromatic nitrogens is 1. The maximum Gasteiger partial charge on any atom is 0.121 e.